The smallest absolute Gasteiger partial charge is 0.227 e. The zero-order chi connectivity index (χ0) is 13.0. The van der Waals surface area contributed by atoms with Crippen LogP contribution < -0.4 is 5.32 Å². The van der Waals surface area contributed by atoms with Crippen molar-refractivity contribution in [2.24, 2.45) is 13.0 Å². The molecule has 0 saturated carbocycles. The Morgan fingerprint density at radius 1 is 1.61 bits per heavy atom. The van der Waals surface area contributed by atoms with E-state index in [2.05, 4.69) is 21.2 Å². The molecule has 0 aliphatic carbocycles. The number of piperidine rings is 1. The van der Waals surface area contributed by atoms with E-state index in [1.165, 1.54) is 0 Å². The molecule has 1 saturated heterocycles. The van der Waals surface area contributed by atoms with E-state index < -0.39 is 0 Å². The van der Waals surface area contributed by atoms with E-state index in [0.717, 1.165) is 31.6 Å². The molecule has 5 nitrogen and oxygen atoms in total. The number of hydrogen-bond acceptors (Lipinski definition) is 3. The third-order valence-corrected chi connectivity index (χ3v) is 3.25. The zero-order valence-electron chi connectivity index (χ0n) is 10.6. The summed E-state index contributed by atoms with van der Waals surface area (Å²) in [7, 11) is 1.83. The van der Waals surface area contributed by atoms with Gasteiger partial charge < -0.3 is 5.32 Å². The number of likely N-dealkylation sites (tertiary alicyclic amines) is 1. The maximum atomic E-state index is 12.0. The Balaban J connectivity index is 1.83. The van der Waals surface area contributed by atoms with Crippen LogP contribution in [0.5, 0.6) is 0 Å². The standard InChI is InChI=1S/C13H18N4O/c1-3-6-17-7-4-11(5-8-17)13(18)15-12-9-14-16(2)10-12/h1,9-11H,4-8H2,2H3,(H,15,18). The van der Waals surface area contributed by atoms with Crippen LogP contribution in [0, 0.1) is 18.3 Å². The quantitative estimate of drug-likeness (QED) is 0.799. The van der Waals surface area contributed by atoms with E-state index in [4.69, 9.17) is 6.42 Å². The summed E-state index contributed by atoms with van der Waals surface area (Å²) >= 11 is 0. The van der Waals surface area contributed by atoms with Crippen LogP contribution in [0.25, 0.3) is 0 Å². The highest BCUT2D eigenvalue weighted by atomic mass is 16.1. The van der Waals surface area contributed by atoms with Crippen LogP contribution in [0.2, 0.25) is 0 Å². The van der Waals surface area contributed by atoms with Gasteiger partial charge in [0.15, 0.2) is 0 Å². The first-order chi connectivity index (χ1) is 8.69. The number of aryl methyl sites for hydroxylation is 1. The Morgan fingerprint density at radius 3 is 2.89 bits per heavy atom. The van der Waals surface area contributed by atoms with Crippen molar-refractivity contribution in [3.05, 3.63) is 12.4 Å². The summed E-state index contributed by atoms with van der Waals surface area (Å²) < 4.78 is 1.67. The van der Waals surface area contributed by atoms with Crippen molar-refractivity contribution in [2.45, 2.75) is 12.8 Å². The Morgan fingerprint density at radius 2 is 2.33 bits per heavy atom. The first-order valence-electron chi connectivity index (χ1n) is 6.14. The van der Waals surface area contributed by atoms with Gasteiger partial charge in [0.1, 0.15) is 0 Å². The monoisotopic (exact) mass is 246 g/mol. The summed E-state index contributed by atoms with van der Waals surface area (Å²) in [6.07, 6.45) is 10.5. The molecule has 0 aromatic carbocycles. The largest absolute Gasteiger partial charge is 0.323 e. The summed E-state index contributed by atoms with van der Waals surface area (Å²) in [5, 5.41) is 6.92. The van der Waals surface area contributed by atoms with Crippen molar-refractivity contribution in [3.8, 4) is 12.3 Å². The van der Waals surface area contributed by atoms with Gasteiger partial charge in [-0.15, -0.1) is 6.42 Å². The van der Waals surface area contributed by atoms with Crippen molar-refractivity contribution < 1.29 is 4.79 Å². The Hall–Kier alpha value is -1.80. The first kappa shape index (κ1) is 12.7. The molecule has 0 unspecified atom stereocenters. The number of anilines is 1. The topological polar surface area (TPSA) is 50.2 Å². The molecule has 1 N–H and O–H groups in total. The van der Waals surface area contributed by atoms with E-state index in [0.29, 0.717) is 6.54 Å². The lowest BCUT2D eigenvalue weighted by Crippen LogP contribution is -2.38. The van der Waals surface area contributed by atoms with E-state index in [1.54, 1.807) is 17.1 Å². The van der Waals surface area contributed by atoms with Gasteiger partial charge in [-0.05, 0) is 25.9 Å². The van der Waals surface area contributed by atoms with Gasteiger partial charge in [0.2, 0.25) is 5.91 Å². The number of nitrogens with one attached hydrogen (secondary N) is 1. The molecule has 1 aliphatic rings. The second-order valence-electron chi connectivity index (χ2n) is 4.65. The van der Waals surface area contributed by atoms with Crippen LogP contribution in [0.3, 0.4) is 0 Å². The number of rotatable bonds is 3. The number of terminal acetylenes is 1. The summed E-state index contributed by atoms with van der Waals surface area (Å²) in [4.78, 5) is 14.2. The normalized spacial score (nSPS) is 17.3. The van der Waals surface area contributed by atoms with E-state index in [-0.39, 0.29) is 11.8 Å². The van der Waals surface area contributed by atoms with Gasteiger partial charge in [-0.3, -0.25) is 14.4 Å². The van der Waals surface area contributed by atoms with Crippen molar-refractivity contribution >= 4 is 11.6 Å². The highest BCUT2D eigenvalue weighted by molar-refractivity contribution is 5.92. The maximum absolute atomic E-state index is 12.0. The van der Waals surface area contributed by atoms with Crippen LogP contribution in [0.15, 0.2) is 12.4 Å². The van der Waals surface area contributed by atoms with Crippen LogP contribution in [-0.2, 0) is 11.8 Å². The van der Waals surface area contributed by atoms with Gasteiger partial charge in [0.05, 0.1) is 18.4 Å². The predicted molar refractivity (Wildman–Crippen MR) is 69.8 cm³/mol. The third kappa shape index (κ3) is 3.11. The minimum atomic E-state index is 0.0826. The maximum Gasteiger partial charge on any atom is 0.227 e. The van der Waals surface area contributed by atoms with E-state index >= 15 is 0 Å². The molecule has 18 heavy (non-hydrogen) atoms. The summed E-state index contributed by atoms with van der Waals surface area (Å²) in [5.74, 6) is 2.81. The van der Waals surface area contributed by atoms with Crippen LogP contribution in [0.4, 0.5) is 5.69 Å². The molecule has 1 fully saturated rings. The van der Waals surface area contributed by atoms with Gasteiger partial charge in [-0.2, -0.15) is 5.10 Å². The molecule has 0 atom stereocenters. The molecule has 5 heteroatoms. The number of nitrogens with zero attached hydrogens (tertiary/aromatic N) is 3. The minimum Gasteiger partial charge on any atom is -0.323 e. The summed E-state index contributed by atoms with van der Waals surface area (Å²) in [5.41, 5.74) is 0.758. The molecule has 1 aromatic heterocycles. The van der Waals surface area contributed by atoms with Crippen LogP contribution >= 0.6 is 0 Å². The molecule has 2 rings (SSSR count). The molecule has 0 bridgehead atoms. The second kappa shape index (κ2) is 5.69. The number of carbonyl (C=O) groups is 1. The molecular weight excluding hydrogens is 228 g/mol. The second-order valence-corrected chi connectivity index (χ2v) is 4.65. The molecule has 2 heterocycles. The molecule has 1 amide bonds. The molecular formula is C13H18N4O. The Bertz CT molecular complexity index is 452. The van der Waals surface area contributed by atoms with Gasteiger partial charge in [-0.25, -0.2) is 0 Å². The predicted octanol–water partition coefficient (Wildman–Crippen LogP) is 0.704. The molecule has 1 aromatic rings. The number of amides is 1. The lowest BCUT2D eigenvalue weighted by atomic mass is 9.96. The van der Waals surface area contributed by atoms with Gasteiger partial charge in [0.25, 0.3) is 0 Å². The van der Waals surface area contributed by atoms with Crippen LogP contribution in [-0.4, -0.2) is 40.2 Å². The highest BCUT2D eigenvalue weighted by Crippen LogP contribution is 2.18. The minimum absolute atomic E-state index is 0.0826. The zero-order valence-corrected chi connectivity index (χ0v) is 10.6. The van der Waals surface area contributed by atoms with Crippen LogP contribution in [0.1, 0.15) is 12.8 Å². The van der Waals surface area contributed by atoms with E-state index in [1.807, 2.05) is 7.05 Å². The fourth-order valence-electron chi connectivity index (χ4n) is 2.21. The number of hydrogen-bond donors (Lipinski definition) is 1. The number of carbonyl (C=O) groups excluding carboxylic acids is 1. The lowest BCUT2D eigenvalue weighted by molar-refractivity contribution is -0.121. The average molecular weight is 246 g/mol. The molecule has 1 aliphatic heterocycles. The Labute approximate surface area is 107 Å². The fourth-order valence-corrected chi connectivity index (χ4v) is 2.21. The SMILES string of the molecule is C#CCN1CCC(C(=O)Nc2cnn(C)c2)CC1. The van der Waals surface area contributed by atoms with Crippen molar-refractivity contribution in [1.29, 1.82) is 0 Å². The highest BCUT2D eigenvalue weighted by Gasteiger charge is 2.24. The third-order valence-electron chi connectivity index (χ3n) is 3.25. The molecule has 0 spiro atoms. The van der Waals surface area contributed by atoms with Crippen molar-refractivity contribution in [2.75, 3.05) is 25.0 Å². The van der Waals surface area contributed by atoms with Gasteiger partial charge in [0, 0.05) is 19.2 Å². The molecule has 0 radical (unpaired) electrons. The summed E-state index contributed by atoms with van der Waals surface area (Å²) in [6, 6.07) is 0. The first-order valence-corrected chi connectivity index (χ1v) is 6.14. The Kier molecular flexibility index (Phi) is 4.00. The number of aromatic nitrogens is 2. The lowest BCUT2D eigenvalue weighted by Gasteiger charge is -2.29. The van der Waals surface area contributed by atoms with Crippen molar-refractivity contribution in [3.63, 3.8) is 0 Å². The van der Waals surface area contributed by atoms with E-state index in [9.17, 15) is 4.79 Å². The molecule has 96 valence electrons. The van der Waals surface area contributed by atoms with Crippen molar-refractivity contribution in [1.82, 2.24) is 14.7 Å². The summed E-state index contributed by atoms with van der Waals surface area (Å²) in [6.45, 7) is 2.47. The fraction of sp³-hybridized carbons (Fsp3) is 0.538. The van der Waals surface area contributed by atoms with Gasteiger partial charge >= 0.3 is 0 Å². The van der Waals surface area contributed by atoms with Gasteiger partial charge in [-0.1, -0.05) is 5.92 Å². The average Bonchev–Trinajstić information content (AvgIpc) is 2.76.